The number of sulfonamides is 1. The van der Waals surface area contributed by atoms with Gasteiger partial charge in [0.25, 0.3) is 0 Å². The largest absolute Gasteiger partial charge is 0.301 e. The summed E-state index contributed by atoms with van der Waals surface area (Å²) in [6, 6.07) is 10.9. The Kier molecular flexibility index (Phi) is 3.84. The Labute approximate surface area is 127 Å². The van der Waals surface area contributed by atoms with Crippen LogP contribution in [0, 0.1) is 0 Å². The molecule has 2 aliphatic heterocycles. The van der Waals surface area contributed by atoms with Gasteiger partial charge in [-0.1, -0.05) is 30.3 Å². The molecule has 2 fully saturated rings. The zero-order valence-corrected chi connectivity index (χ0v) is 13.6. The lowest BCUT2D eigenvalue weighted by Gasteiger charge is -2.45. The van der Waals surface area contributed by atoms with Gasteiger partial charge < -0.3 is 4.90 Å². The zero-order chi connectivity index (χ0) is 15.1. The standard InChI is InChI=1S/C16H24N2O2S/c1-3-21(19,20)18-12-10-16(14-7-5-4-6-8-14)9-11-17(2)15(16)13-18/h4-8,15H,3,9-13H2,1-2H3/t15-,16+/m0/s1. The molecule has 1 aromatic rings. The fraction of sp³-hybridized carbons (Fsp3) is 0.625. The van der Waals surface area contributed by atoms with Crippen molar-refractivity contribution in [2.24, 2.45) is 0 Å². The van der Waals surface area contributed by atoms with Crippen LogP contribution in [0.1, 0.15) is 25.3 Å². The van der Waals surface area contributed by atoms with E-state index < -0.39 is 10.0 Å². The molecule has 0 bridgehead atoms. The summed E-state index contributed by atoms with van der Waals surface area (Å²) in [6.07, 6.45) is 2.05. The molecule has 21 heavy (non-hydrogen) atoms. The quantitative estimate of drug-likeness (QED) is 0.853. The number of fused-ring (bicyclic) bond motifs is 1. The second kappa shape index (κ2) is 5.38. The molecular formula is C16H24N2O2S. The molecule has 0 unspecified atom stereocenters. The van der Waals surface area contributed by atoms with Crippen LogP contribution < -0.4 is 0 Å². The lowest BCUT2D eigenvalue weighted by molar-refractivity contribution is 0.147. The average Bonchev–Trinajstić information content (AvgIpc) is 2.86. The third kappa shape index (κ3) is 2.41. The van der Waals surface area contributed by atoms with Crippen LogP contribution in [0.4, 0.5) is 0 Å². The van der Waals surface area contributed by atoms with Crippen molar-refractivity contribution in [2.45, 2.75) is 31.2 Å². The van der Waals surface area contributed by atoms with Crippen LogP contribution in [0.15, 0.2) is 30.3 Å². The van der Waals surface area contributed by atoms with Crippen molar-refractivity contribution in [2.75, 3.05) is 32.4 Å². The molecule has 4 nitrogen and oxygen atoms in total. The van der Waals surface area contributed by atoms with Crippen molar-refractivity contribution in [3.05, 3.63) is 35.9 Å². The van der Waals surface area contributed by atoms with E-state index in [0.29, 0.717) is 13.1 Å². The third-order valence-electron chi connectivity index (χ3n) is 5.37. The van der Waals surface area contributed by atoms with E-state index in [9.17, 15) is 8.42 Å². The number of rotatable bonds is 3. The summed E-state index contributed by atoms with van der Waals surface area (Å²) < 4.78 is 26.1. The summed E-state index contributed by atoms with van der Waals surface area (Å²) in [4.78, 5) is 2.34. The van der Waals surface area contributed by atoms with E-state index in [1.165, 1.54) is 5.56 Å². The molecule has 0 aromatic heterocycles. The van der Waals surface area contributed by atoms with Gasteiger partial charge in [-0.05, 0) is 38.9 Å². The van der Waals surface area contributed by atoms with Crippen LogP contribution in [-0.2, 0) is 15.4 Å². The van der Waals surface area contributed by atoms with Crippen LogP contribution in [0.3, 0.4) is 0 Å². The molecule has 116 valence electrons. The molecule has 0 spiro atoms. The highest BCUT2D eigenvalue weighted by molar-refractivity contribution is 7.89. The molecule has 3 rings (SSSR count). The maximum atomic E-state index is 12.2. The third-order valence-corrected chi connectivity index (χ3v) is 7.22. The van der Waals surface area contributed by atoms with Gasteiger partial charge in [0.15, 0.2) is 0 Å². The Hall–Kier alpha value is -0.910. The van der Waals surface area contributed by atoms with E-state index in [1.807, 2.05) is 6.07 Å². The molecule has 5 heteroatoms. The molecule has 0 saturated carbocycles. The predicted molar refractivity (Wildman–Crippen MR) is 84.8 cm³/mol. The fourth-order valence-corrected chi connectivity index (χ4v) is 5.12. The highest BCUT2D eigenvalue weighted by Gasteiger charge is 2.51. The number of benzene rings is 1. The minimum atomic E-state index is -3.09. The number of piperidine rings is 1. The van der Waals surface area contributed by atoms with E-state index in [2.05, 4.69) is 36.2 Å². The lowest BCUT2D eigenvalue weighted by Crippen LogP contribution is -2.56. The van der Waals surface area contributed by atoms with Crippen LogP contribution in [0.25, 0.3) is 0 Å². The van der Waals surface area contributed by atoms with E-state index in [0.717, 1.165) is 19.4 Å². The molecule has 0 N–H and O–H groups in total. The average molecular weight is 308 g/mol. The van der Waals surface area contributed by atoms with E-state index >= 15 is 0 Å². The first-order chi connectivity index (χ1) is 9.99. The lowest BCUT2D eigenvalue weighted by atomic mass is 9.70. The van der Waals surface area contributed by atoms with Crippen molar-refractivity contribution in [3.63, 3.8) is 0 Å². The first-order valence-electron chi connectivity index (χ1n) is 7.73. The van der Waals surface area contributed by atoms with Gasteiger partial charge in [0.1, 0.15) is 0 Å². The van der Waals surface area contributed by atoms with Crippen molar-refractivity contribution in [1.29, 1.82) is 0 Å². The summed E-state index contributed by atoms with van der Waals surface area (Å²) in [5, 5.41) is 0. The van der Waals surface area contributed by atoms with Gasteiger partial charge in [0.05, 0.1) is 5.75 Å². The normalized spacial score (nSPS) is 31.2. The van der Waals surface area contributed by atoms with Crippen molar-refractivity contribution in [1.82, 2.24) is 9.21 Å². The van der Waals surface area contributed by atoms with Gasteiger partial charge in [-0.2, -0.15) is 0 Å². The van der Waals surface area contributed by atoms with Crippen LogP contribution in [0.2, 0.25) is 0 Å². The summed E-state index contributed by atoms with van der Waals surface area (Å²) in [5.41, 5.74) is 1.49. The molecule has 2 atom stereocenters. The highest BCUT2D eigenvalue weighted by Crippen LogP contribution is 2.45. The maximum Gasteiger partial charge on any atom is 0.213 e. The van der Waals surface area contributed by atoms with Crippen molar-refractivity contribution in [3.8, 4) is 0 Å². The minimum Gasteiger partial charge on any atom is -0.301 e. The summed E-state index contributed by atoms with van der Waals surface area (Å²) >= 11 is 0. The SMILES string of the molecule is CCS(=O)(=O)N1CC[C@@]2(c3ccccc3)CCN(C)[C@H]2C1. The summed E-state index contributed by atoms with van der Waals surface area (Å²) in [7, 11) is -0.963. The zero-order valence-electron chi connectivity index (χ0n) is 12.8. The Morgan fingerprint density at radius 2 is 1.86 bits per heavy atom. The molecule has 2 aliphatic rings. The van der Waals surface area contributed by atoms with Gasteiger partial charge in [-0.25, -0.2) is 12.7 Å². The summed E-state index contributed by atoms with van der Waals surface area (Å²) in [5.74, 6) is 0.196. The first kappa shape index (κ1) is 15.0. The molecule has 2 saturated heterocycles. The first-order valence-corrected chi connectivity index (χ1v) is 9.34. The second-order valence-corrected chi connectivity index (χ2v) is 8.53. The Bertz CT molecular complexity index is 602. The van der Waals surface area contributed by atoms with Crippen LogP contribution >= 0.6 is 0 Å². The number of hydrogen-bond acceptors (Lipinski definition) is 3. The molecule has 0 radical (unpaired) electrons. The van der Waals surface area contributed by atoms with Crippen molar-refractivity contribution < 1.29 is 8.42 Å². The molecule has 0 aliphatic carbocycles. The number of hydrogen-bond donors (Lipinski definition) is 0. The van der Waals surface area contributed by atoms with E-state index in [4.69, 9.17) is 0 Å². The monoisotopic (exact) mass is 308 g/mol. The van der Waals surface area contributed by atoms with Crippen LogP contribution in [-0.4, -0.2) is 56.1 Å². The molecular weight excluding hydrogens is 284 g/mol. The topological polar surface area (TPSA) is 40.6 Å². The number of nitrogens with zero attached hydrogens (tertiary/aromatic N) is 2. The van der Waals surface area contributed by atoms with Gasteiger partial charge >= 0.3 is 0 Å². The predicted octanol–water partition coefficient (Wildman–Crippen LogP) is 1.68. The molecule has 1 aromatic carbocycles. The number of likely N-dealkylation sites (tertiary alicyclic amines) is 1. The molecule has 2 heterocycles. The smallest absolute Gasteiger partial charge is 0.213 e. The Morgan fingerprint density at radius 3 is 2.52 bits per heavy atom. The summed E-state index contributed by atoms with van der Waals surface area (Å²) in [6.45, 7) is 4.04. The Morgan fingerprint density at radius 1 is 1.19 bits per heavy atom. The number of likely N-dealkylation sites (N-methyl/N-ethyl adjacent to an activating group) is 1. The van der Waals surface area contributed by atoms with Gasteiger partial charge in [0, 0.05) is 24.5 Å². The van der Waals surface area contributed by atoms with Gasteiger partial charge in [-0.3, -0.25) is 0 Å². The van der Waals surface area contributed by atoms with Gasteiger partial charge in [-0.15, -0.1) is 0 Å². The maximum absolute atomic E-state index is 12.2. The second-order valence-electron chi connectivity index (χ2n) is 6.28. The fourth-order valence-electron chi connectivity index (χ4n) is 4.02. The minimum absolute atomic E-state index is 0.121. The van der Waals surface area contributed by atoms with Crippen LogP contribution in [0.5, 0.6) is 0 Å². The molecule has 0 amide bonds. The van der Waals surface area contributed by atoms with E-state index in [-0.39, 0.29) is 17.2 Å². The van der Waals surface area contributed by atoms with Crippen molar-refractivity contribution >= 4 is 10.0 Å². The van der Waals surface area contributed by atoms with Gasteiger partial charge in [0.2, 0.25) is 10.0 Å². The van der Waals surface area contributed by atoms with E-state index in [1.54, 1.807) is 11.2 Å². The highest BCUT2D eigenvalue weighted by atomic mass is 32.2. The Balaban J connectivity index is 1.94.